The number of carbonyl (C=O) groups excluding carboxylic acids is 1. The van der Waals surface area contributed by atoms with Crippen molar-refractivity contribution in [3.8, 4) is 0 Å². The van der Waals surface area contributed by atoms with Crippen molar-refractivity contribution in [2.75, 3.05) is 13.1 Å². The number of aromatic amines is 1. The number of amides is 1. The predicted octanol–water partition coefficient (Wildman–Crippen LogP) is 1.05. The van der Waals surface area contributed by atoms with E-state index in [0.717, 1.165) is 47.8 Å². The maximum absolute atomic E-state index is 12.2. The van der Waals surface area contributed by atoms with Crippen LogP contribution in [0.3, 0.4) is 0 Å². The van der Waals surface area contributed by atoms with E-state index in [4.69, 9.17) is 0 Å². The summed E-state index contributed by atoms with van der Waals surface area (Å²) in [5.41, 5.74) is 3.64. The van der Waals surface area contributed by atoms with Crippen LogP contribution in [0.25, 0.3) is 0 Å². The first-order valence-electron chi connectivity index (χ1n) is 7.26. The Morgan fingerprint density at radius 3 is 3.24 bits per heavy atom. The highest BCUT2D eigenvalue weighted by Crippen LogP contribution is 2.15. The van der Waals surface area contributed by atoms with E-state index in [1.54, 1.807) is 11.3 Å². The normalized spacial score (nSPS) is 14.0. The lowest BCUT2D eigenvalue weighted by Crippen LogP contribution is -2.29. The fraction of sp³-hybridized carbons (Fsp3) is 0.500. The van der Waals surface area contributed by atoms with Crippen molar-refractivity contribution in [1.82, 2.24) is 25.8 Å². The van der Waals surface area contributed by atoms with Crippen LogP contribution in [-0.2, 0) is 25.8 Å². The molecule has 0 aromatic carbocycles. The van der Waals surface area contributed by atoms with E-state index >= 15 is 0 Å². The smallest absolute Gasteiger partial charge is 0.272 e. The number of rotatable bonds is 5. The number of fused-ring (bicyclic) bond motifs is 1. The fourth-order valence-electron chi connectivity index (χ4n) is 2.43. The Balaban J connectivity index is 1.55. The number of hydrogen-bond donors (Lipinski definition) is 3. The number of aryl methyl sites for hydroxylation is 1. The van der Waals surface area contributed by atoms with Gasteiger partial charge in [0.2, 0.25) is 0 Å². The fourth-order valence-corrected chi connectivity index (χ4v) is 3.21. The monoisotopic (exact) mass is 305 g/mol. The molecule has 0 unspecified atom stereocenters. The second-order valence-electron chi connectivity index (χ2n) is 5.05. The molecule has 0 fully saturated rings. The zero-order chi connectivity index (χ0) is 14.7. The van der Waals surface area contributed by atoms with Crippen molar-refractivity contribution in [2.45, 2.75) is 32.7 Å². The van der Waals surface area contributed by atoms with Crippen LogP contribution in [0.1, 0.15) is 39.4 Å². The summed E-state index contributed by atoms with van der Waals surface area (Å²) in [5, 5.41) is 16.5. The molecule has 1 amide bonds. The Morgan fingerprint density at radius 2 is 2.43 bits per heavy atom. The Labute approximate surface area is 127 Å². The van der Waals surface area contributed by atoms with E-state index in [0.29, 0.717) is 18.8 Å². The third-order valence-corrected chi connectivity index (χ3v) is 4.63. The van der Waals surface area contributed by atoms with Gasteiger partial charge in [-0.1, -0.05) is 6.92 Å². The van der Waals surface area contributed by atoms with Crippen LogP contribution in [0.15, 0.2) is 5.38 Å². The van der Waals surface area contributed by atoms with Crippen LogP contribution in [0.2, 0.25) is 0 Å². The van der Waals surface area contributed by atoms with Crippen molar-refractivity contribution in [3.63, 3.8) is 0 Å². The number of thiazole rings is 1. The molecule has 7 heteroatoms. The third-order valence-electron chi connectivity index (χ3n) is 3.59. The molecule has 112 valence electrons. The summed E-state index contributed by atoms with van der Waals surface area (Å²) in [6, 6.07) is 0. The molecular formula is C14H19N5OS. The van der Waals surface area contributed by atoms with E-state index < -0.39 is 0 Å². The predicted molar refractivity (Wildman–Crippen MR) is 81.5 cm³/mol. The van der Waals surface area contributed by atoms with Crippen molar-refractivity contribution >= 4 is 17.2 Å². The maximum atomic E-state index is 12.2. The Hall–Kier alpha value is -1.73. The van der Waals surface area contributed by atoms with E-state index in [1.807, 2.05) is 0 Å². The molecule has 1 aliphatic heterocycles. The van der Waals surface area contributed by atoms with Crippen LogP contribution >= 0.6 is 11.3 Å². The second kappa shape index (κ2) is 6.36. The van der Waals surface area contributed by atoms with Gasteiger partial charge in [0.25, 0.3) is 5.91 Å². The van der Waals surface area contributed by atoms with Gasteiger partial charge in [0.05, 0.1) is 10.7 Å². The van der Waals surface area contributed by atoms with Gasteiger partial charge in [-0.05, 0) is 6.42 Å². The molecule has 2 aromatic rings. The minimum absolute atomic E-state index is 0.109. The first kappa shape index (κ1) is 14.2. The summed E-state index contributed by atoms with van der Waals surface area (Å²) in [6.45, 7) is 4.32. The van der Waals surface area contributed by atoms with E-state index in [1.165, 1.54) is 0 Å². The molecule has 0 spiro atoms. The van der Waals surface area contributed by atoms with Gasteiger partial charge in [0.1, 0.15) is 0 Å². The summed E-state index contributed by atoms with van der Waals surface area (Å²) in [4.78, 5) is 16.7. The highest BCUT2D eigenvalue weighted by Gasteiger charge is 2.21. The Kier molecular flexibility index (Phi) is 4.31. The molecular weight excluding hydrogens is 286 g/mol. The van der Waals surface area contributed by atoms with Crippen LogP contribution < -0.4 is 10.6 Å². The molecule has 0 bridgehead atoms. The molecule has 2 aromatic heterocycles. The number of nitrogens with one attached hydrogen (secondary N) is 3. The first-order valence-corrected chi connectivity index (χ1v) is 8.14. The molecule has 3 heterocycles. The molecule has 0 radical (unpaired) electrons. The number of carbonyl (C=O) groups is 1. The maximum Gasteiger partial charge on any atom is 0.272 e. The topological polar surface area (TPSA) is 82.7 Å². The summed E-state index contributed by atoms with van der Waals surface area (Å²) in [7, 11) is 0. The van der Waals surface area contributed by atoms with E-state index in [2.05, 4.69) is 38.1 Å². The quantitative estimate of drug-likeness (QED) is 0.771. The molecule has 21 heavy (non-hydrogen) atoms. The average molecular weight is 305 g/mol. The lowest BCUT2D eigenvalue weighted by Gasteiger charge is -2.12. The molecule has 3 rings (SSSR count). The highest BCUT2D eigenvalue weighted by molar-refractivity contribution is 7.09. The average Bonchev–Trinajstić information content (AvgIpc) is 3.13. The minimum atomic E-state index is -0.109. The largest absolute Gasteiger partial charge is 0.350 e. The van der Waals surface area contributed by atoms with Gasteiger partial charge < -0.3 is 10.6 Å². The molecule has 3 N–H and O–H groups in total. The SMILES string of the molecule is CCc1nc(CCNC(=O)c2n[nH]c3c2CNCC3)cs1. The van der Waals surface area contributed by atoms with Gasteiger partial charge in [-0.2, -0.15) is 5.10 Å². The van der Waals surface area contributed by atoms with Crippen molar-refractivity contribution in [2.24, 2.45) is 0 Å². The van der Waals surface area contributed by atoms with Crippen LogP contribution in [-0.4, -0.2) is 34.2 Å². The van der Waals surface area contributed by atoms with Gasteiger partial charge in [-0.15, -0.1) is 11.3 Å². The Bertz CT molecular complexity index is 633. The van der Waals surface area contributed by atoms with E-state index in [9.17, 15) is 4.79 Å². The Morgan fingerprint density at radius 1 is 1.52 bits per heavy atom. The van der Waals surface area contributed by atoms with Crippen molar-refractivity contribution < 1.29 is 4.79 Å². The van der Waals surface area contributed by atoms with Gasteiger partial charge in [0, 0.05) is 49.1 Å². The highest BCUT2D eigenvalue weighted by atomic mass is 32.1. The summed E-state index contributed by atoms with van der Waals surface area (Å²) in [6.07, 6.45) is 2.62. The van der Waals surface area contributed by atoms with Gasteiger partial charge in [-0.3, -0.25) is 9.89 Å². The molecule has 0 aliphatic carbocycles. The number of aromatic nitrogens is 3. The molecule has 0 saturated heterocycles. The number of nitrogens with zero attached hydrogens (tertiary/aromatic N) is 2. The third kappa shape index (κ3) is 3.14. The lowest BCUT2D eigenvalue weighted by molar-refractivity contribution is 0.0948. The molecule has 6 nitrogen and oxygen atoms in total. The number of hydrogen-bond acceptors (Lipinski definition) is 5. The molecule has 0 atom stereocenters. The first-order chi connectivity index (χ1) is 10.3. The summed E-state index contributed by atoms with van der Waals surface area (Å²) < 4.78 is 0. The standard InChI is InChI=1S/C14H19N5OS/c1-2-12-17-9(8-21-12)3-6-16-14(20)13-10-7-15-5-4-11(10)18-19-13/h8,15H,2-7H2,1H3,(H,16,20)(H,18,19). The molecule has 0 saturated carbocycles. The zero-order valence-electron chi connectivity index (χ0n) is 12.0. The summed E-state index contributed by atoms with van der Waals surface area (Å²) >= 11 is 1.68. The zero-order valence-corrected chi connectivity index (χ0v) is 12.8. The second-order valence-corrected chi connectivity index (χ2v) is 5.99. The van der Waals surface area contributed by atoms with E-state index in [-0.39, 0.29) is 5.91 Å². The lowest BCUT2D eigenvalue weighted by atomic mass is 10.1. The van der Waals surface area contributed by atoms with Gasteiger partial charge in [0.15, 0.2) is 5.69 Å². The van der Waals surface area contributed by atoms with Gasteiger partial charge in [-0.25, -0.2) is 4.98 Å². The van der Waals surface area contributed by atoms with Crippen molar-refractivity contribution in [1.29, 1.82) is 0 Å². The molecule has 1 aliphatic rings. The summed E-state index contributed by atoms with van der Waals surface area (Å²) in [5.74, 6) is -0.109. The number of H-pyrrole nitrogens is 1. The minimum Gasteiger partial charge on any atom is -0.350 e. The van der Waals surface area contributed by atoms with Crippen LogP contribution in [0, 0.1) is 0 Å². The van der Waals surface area contributed by atoms with Crippen LogP contribution in [0.4, 0.5) is 0 Å². The van der Waals surface area contributed by atoms with Crippen molar-refractivity contribution in [3.05, 3.63) is 33.0 Å². The van der Waals surface area contributed by atoms with Gasteiger partial charge >= 0.3 is 0 Å². The van der Waals surface area contributed by atoms with Crippen LogP contribution in [0.5, 0.6) is 0 Å².